The molecule has 0 radical (unpaired) electrons. The highest BCUT2D eigenvalue weighted by Gasteiger charge is 2.23. The average Bonchev–Trinajstić information content (AvgIpc) is 3.01. The zero-order valence-electron chi connectivity index (χ0n) is 14.7. The van der Waals surface area contributed by atoms with E-state index in [2.05, 4.69) is 20.2 Å². The first-order chi connectivity index (χ1) is 11.7. The van der Waals surface area contributed by atoms with Crippen molar-refractivity contribution in [3.8, 4) is 0 Å². The van der Waals surface area contributed by atoms with Crippen LogP contribution in [-0.2, 0) is 16.1 Å². The summed E-state index contributed by atoms with van der Waals surface area (Å²) < 4.78 is 5.86. The second kappa shape index (κ2) is 8.62. The number of carbonyl (C=O) groups excluding carboxylic acids is 1. The Balaban J connectivity index is 1.36. The number of H-pyrrole nitrogens is 1. The number of morpholine rings is 1. The molecule has 1 aliphatic heterocycles. The Morgan fingerprint density at radius 3 is 3.00 bits per heavy atom. The van der Waals surface area contributed by atoms with Crippen LogP contribution < -0.4 is 5.32 Å². The van der Waals surface area contributed by atoms with E-state index in [1.54, 1.807) is 0 Å². The molecule has 0 spiro atoms. The van der Waals surface area contributed by atoms with Crippen molar-refractivity contribution >= 4 is 5.91 Å². The van der Waals surface area contributed by atoms with Gasteiger partial charge in [0.05, 0.1) is 12.7 Å². The molecule has 134 valence electrons. The molecule has 1 saturated carbocycles. The molecule has 1 aromatic rings. The summed E-state index contributed by atoms with van der Waals surface area (Å²) >= 11 is 0. The van der Waals surface area contributed by atoms with Gasteiger partial charge in [-0.2, -0.15) is 0 Å². The fraction of sp³-hybridized carbons (Fsp3) is 0.778. The third kappa shape index (κ3) is 5.05. The standard InChI is InChI=1S/C18H30N4O2/c1-14-20-11-16(21-14)12-22-9-10-24-17(13-22)7-8-19-18(23)15-5-3-2-4-6-15/h11,15,17H,2-10,12-13H2,1H3,(H,19,23)(H,20,21)/t17-/m0/s1. The molecule has 0 bridgehead atoms. The molecule has 3 rings (SSSR count). The van der Waals surface area contributed by atoms with Gasteiger partial charge in [0.25, 0.3) is 0 Å². The van der Waals surface area contributed by atoms with Crippen LogP contribution >= 0.6 is 0 Å². The van der Waals surface area contributed by atoms with Crippen molar-refractivity contribution in [2.45, 2.75) is 58.1 Å². The molecular weight excluding hydrogens is 304 g/mol. The molecule has 6 heteroatoms. The topological polar surface area (TPSA) is 70.2 Å². The summed E-state index contributed by atoms with van der Waals surface area (Å²) in [7, 11) is 0. The van der Waals surface area contributed by atoms with Gasteiger partial charge in [-0.1, -0.05) is 19.3 Å². The molecule has 1 atom stereocenters. The maximum absolute atomic E-state index is 12.2. The van der Waals surface area contributed by atoms with Gasteiger partial charge >= 0.3 is 0 Å². The summed E-state index contributed by atoms with van der Waals surface area (Å²) in [6, 6.07) is 0. The van der Waals surface area contributed by atoms with Gasteiger partial charge < -0.3 is 15.0 Å². The fourth-order valence-electron chi connectivity index (χ4n) is 3.76. The summed E-state index contributed by atoms with van der Waals surface area (Å²) in [5.74, 6) is 1.45. The number of imidazole rings is 1. The first kappa shape index (κ1) is 17.4. The van der Waals surface area contributed by atoms with Crippen molar-refractivity contribution in [2.24, 2.45) is 5.92 Å². The van der Waals surface area contributed by atoms with Crippen LogP contribution in [0.2, 0.25) is 0 Å². The SMILES string of the molecule is Cc1ncc(CN2CCO[C@@H](CCNC(=O)C3CCCCC3)C2)[nH]1. The molecule has 0 aromatic carbocycles. The van der Waals surface area contributed by atoms with E-state index in [9.17, 15) is 4.79 Å². The Kier molecular flexibility index (Phi) is 6.26. The van der Waals surface area contributed by atoms with E-state index in [0.29, 0.717) is 0 Å². The fourth-order valence-corrected chi connectivity index (χ4v) is 3.76. The quantitative estimate of drug-likeness (QED) is 0.835. The van der Waals surface area contributed by atoms with Gasteiger partial charge in [0.2, 0.25) is 5.91 Å². The summed E-state index contributed by atoms with van der Waals surface area (Å²) in [6.07, 6.45) is 8.80. The number of hydrogen-bond donors (Lipinski definition) is 2. The first-order valence-electron chi connectivity index (χ1n) is 9.33. The minimum Gasteiger partial charge on any atom is -0.375 e. The van der Waals surface area contributed by atoms with E-state index in [4.69, 9.17) is 4.74 Å². The van der Waals surface area contributed by atoms with Crippen molar-refractivity contribution in [1.82, 2.24) is 20.2 Å². The van der Waals surface area contributed by atoms with Crippen molar-refractivity contribution in [3.63, 3.8) is 0 Å². The predicted octanol–water partition coefficient (Wildman–Crippen LogP) is 2.01. The molecule has 2 heterocycles. The minimum atomic E-state index is 0.203. The van der Waals surface area contributed by atoms with Crippen molar-refractivity contribution < 1.29 is 9.53 Å². The van der Waals surface area contributed by atoms with Crippen molar-refractivity contribution in [1.29, 1.82) is 0 Å². The maximum atomic E-state index is 12.2. The Bertz CT molecular complexity index is 525. The molecule has 1 aromatic heterocycles. The Labute approximate surface area is 144 Å². The van der Waals surface area contributed by atoms with E-state index in [1.165, 1.54) is 19.3 Å². The third-order valence-electron chi connectivity index (χ3n) is 5.11. The van der Waals surface area contributed by atoms with E-state index in [0.717, 1.165) is 63.6 Å². The Hall–Kier alpha value is -1.40. The normalized spacial score (nSPS) is 23.3. The third-order valence-corrected chi connectivity index (χ3v) is 5.11. The number of ether oxygens (including phenoxy) is 1. The van der Waals surface area contributed by atoms with Gasteiger partial charge in [0, 0.05) is 44.0 Å². The zero-order chi connectivity index (χ0) is 16.8. The van der Waals surface area contributed by atoms with Gasteiger partial charge in [0.15, 0.2) is 0 Å². The number of aromatic amines is 1. The van der Waals surface area contributed by atoms with Crippen LogP contribution in [0, 0.1) is 12.8 Å². The smallest absolute Gasteiger partial charge is 0.223 e. The number of hydrogen-bond acceptors (Lipinski definition) is 4. The lowest BCUT2D eigenvalue weighted by atomic mass is 9.88. The second-order valence-corrected chi connectivity index (χ2v) is 7.14. The molecule has 2 fully saturated rings. The Morgan fingerprint density at radius 2 is 2.25 bits per heavy atom. The highest BCUT2D eigenvalue weighted by molar-refractivity contribution is 5.78. The summed E-state index contributed by atoms with van der Waals surface area (Å²) in [5, 5.41) is 3.11. The molecular formula is C18H30N4O2. The number of amides is 1. The van der Waals surface area contributed by atoms with Gasteiger partial charge in [-0.3, -0.25) is 9.69 Å². The van der Waals surface area contributed by atoms with Crippen LogP contribution in [0.1, 0.15) is 50.0 Å². The molecule has 24 heavy (non-hydrogen) atoms. The van der Waals surface area contributed by atoms with Gasteiger partial charge in [-0.15, -0.1) is 0 Å². The second-order valence-electron chi connectivity index (χ2n) is 7.14. The number of carbonyl (C=O) groups is 1. The number of nitrogens with one attached hydrogen (secondary N) is 2. The van der Waals surface area contributed by atoms with Crippen LogP contribution in [0.4, 0.5) is 0 Å². The van der Waals surface area contributed by atoms with Gasteiger partial charge in [-0.05, 0) is 26.2 Å². The predicted molar refractivity (Wildman–Crippen MR) is 92.5 cm³/mol. The molecule has 0 unspecified atom stereocenters. The van der Waals surface area contributed by atoms with Crippen LogP contribution in [0.15, 0.2) is 6.20 Å². The van der Waals surface area contributed by atoms with Gasteiger partial charge in [-0.25, -0.2) is 4.98 Å². The lowest BCUT2D eigenvalue weighted by Crippen LogP contribution is -2.43. The number of aromatic nitrogens is 2. The molecule has 1 saturated heterocycles. The first-order valence-corrected chi connectivity index (χ1v) is 9.33. The molecule has 1 amide bonds. The van der Waals surface area contributed by atoms with Crippen LogP contribution in [-0.4, -0.2) is 53.1 Å². The molecule has 1 aliphatic carbocycles. The van der Waals surface area contributed by atoms with E-state index in [-0.39, 0.29) is 17.9 Å². The Morgan fingerprint density at radius 1 is 1.42 bits per heavy atom. The largest absolute Gasteiger partial charge is 0.375 e. The molecule has 2 aliphatic rings. The lowest BCUT2D eigenvalue weighted by Gasteiger charge is -2.32. The van der Waals surface area contributed by atoms with Crippen molar-refractivity contribution in [2.75, 3.05) is 26.2 Å². The minimum absolute atomic E-state index is 0.203. The molecule has 2 N–H and O–H groups in total. The zero-order valence-corrected chi connectivity index (χ0v) is 14.7. The van der Waals surface area contributed by atoms with Crippen LogP contribution in [0.3, 0.4) is 0 Å². The van der Waals surface area contributed by atoms with E-state index < -0.39 is 0 Å². The summed E-state index contributed by atoms with van der Waals surface area (Å²) in [4.78, 5) is 22.1. The molecule has 6 nitrogen and oxygen atoms in total. The monoisotopic (exact) mass is 334 g/mol. The van der Waals surface area contributed by atoms with E-state index in [1.807, 2.05) is 13.1 Å². The van der Waals surface area contributed by atoms with Gasteiger partial charge in [0.1, 0.15) is 5.82 Å². The van der Waals surface area contributed by atoms with Crippen LogP contribution in [0.25, 0.3) is 0 Å². The summed E-state index contributed by atoms with van der Waals surface area (Å²) in [6.45, 7) is 6.20. The van der Waals surface area contributed by atoms with Crippen molar-refractivity contribution in [3.05, 3.63) is 17.7 Å². The summed E-state index contributed by atoms with van der Waals surface area (Å²) in [5.41, 5.74) is 1.15. The number of rotatable bonds is 6. The highest BCUT2D eigenvalue weighted by atomic mass is 16.5. The average molecular weight is 334 g/mol. The van der Waals surface area contributed by atoms with E-state index >= 15 is 0 Å². The maximum Gasteiger partial charge on any atom is 0.223 e. The number of aryl methyl sites for hydroxylation is 1. The van der Waals surface area contributed by atoms with Crippen LogP contribution in [0.5, 0.6) is 0 Å². The lowest BCUT2D eigenvalue weighted by molar-refractivity contribution is -0.126. The number of nitrogens with zero attached hydrogens (tertiary/aromatic N) is 2. The highest BCUT2D eigenvalue weighted by Crippen LogP contribution is 2.23.